The molecule has 0 amide bonds. The number of nitrogens with zero attached hydrogens (tertiary/aromatic N) is 1. The Balaban J connectivity index is 2.02. The van der Waals surface area contributed by atoms with Gasteiger partial charge in [0.15, 0.2) is 0 Å². The summed E-state index contributed by atoms with van der Waals surface area (Å²) in [6.45, 7) is 1.90. The molecule has 0 fully saturated rings. The maximum absolute atomic E-state index is 12.0. The zero-order chi connectivity index (χ0) is 16.0. The highest BCUT2D eigenvalue weighted by molar-refractivity contribution is 5.86. The van der Waals surface area contributed by atoms with Gasteiger partial charge >= 0.3 is 6.36 Å². The molecule has 0 aliphatic heterocycles. The van der Waals surface area contributed by atoms with Crippen molar-refractivity contribution in [2.75, 3.05) is 0 Å². The minimum Gasteiger partial charge on any atom is -0.406 e. The number of rotatable bonds is 4. The fourth-order valence-electron chi connectivity index (χ4n) is 1.76. The van der Waals surface area contributed by atoms with Crippen LogP contribution in [0.15, 0.2) is 65.2 Å². The Labute approximate surface area is 126 Å². The van der Waals surface area contributed by atoms with E-state index in [1.54, 1.807) is 6.21 Å². The third-order valence-electron chi connectivity index (χ3n) is 2.68. The highest BCUT2D eigenvalue weighted by Gasteiger charge is 2.30. The fraction of sp³-hybridized carbons (Fsp3) is 0.118. The van der Waals surface area contributed by atoms with E-state index in [0.717, 1.165) is 11.1 Å². The van der Waals surface area contributed by atoms with Gasteiger partial charge in [0.1, 0.15) is 5.75 Å². The van der Waals surface area contributed by atoms with E-state index < -0.39 is 6.36 Å². The number of hydrogen-bond donors (Lipinski definition) is 0. The maximum atomic E-state index is 12.0. The molecular formula is C17H14F3NO. The van der Waals surface area contributed by atoms with Gasteiger partial charge in [0.25, 0.3) is 0 Å². The molecule has 0 radical (unpaired) electrons. The number of aliphatic imine (C=N–C) groups is 1. The monoisotopic (exact) mass is 305 g/mol. The van der Waals surface area contributed by atoms with Crippen molar-refractivity contribution in [3.8, 4) is 5.75 Å². The standard InChI is InChI=1S/C17H14F3NO/c1-13(11-14-5-3-2-4-6-14)12-21-15-7-9-16(10-8-15)22-17(18,19)20/h2-12H,1H3/b13-11+,21-12?. The summed E-state index contributed by atoms with van der Waals surface area (Å²) in [5, 5.41) is 0. The van der Waals surface area contributed by atoms with E-state index in [2.05, 4.69) is 9.73 Å². The van der Waals surface area contributed by atoms with Gasteiger partial charge in [-0.25, -0.2) is 0 Å². The lowest BCUT2D eigenvalue weighted by atomic mass is 10.1. The van der Waals surface area contributed by atoms with Gasteiger partial charge in [0.2, 0.25) is 0 Å². The summed E-state index contributed by atoms with van der Waals surface area (Å²) in [6, 6.07) is 15.2. The number of benzene rings is 2. The number of allylic oxidation sites excluding steroid dienone is 1. The first-order valence-corrected chi connectivity index (χ1v) is 6.56. The first-order chi connectivity index (χ1) is 10.4. The molecule has 2 aromatic rings. The van der Waals surface area contributed by atoms with Gasteiger partial charge in [-0.15, -0.1) is 13.2 Å². The van der Waals surface area contributed by atoms with Crippen LogP contribution in [0.4, 0.5) is 18.9 Å². The summed E-state index contributed by atoms with van der Waals surface area (Å²) >= 11 is 0. The van der Waals surface area contributed by atoms with Gasteiger partial charge in [0, 0.05) is 6.21 Å². The summed E-state index contributed by atoms with van der Waals surface area (Å²) in [5.74, 6) is -0.261. The lowest BCUT2D eigenvalue weighted by Gasteiger charge is -2.08. The Kier molecular flexibility index (Phi) is 4.99. The predicted molar refractivity (Wildman–Crippen MR) is 81.4 cm³/mol. The summed E-state index contributed by atoms with van der Waals surface area (Å²) in [7, 11) is 0. The third-order valence-corrected chi connectivity index (χ3v) is 2.68. The molecule has 2 aromatic carbocycles. The van der Waals surface area contributed by atoms with Gasteiger partial charge in [-0.2, -0.15) is 0 Å². The lowest BCUT2D eigenvalue weighted by Crippen LogP contribution is -2.16. The quantitative estimate of drug-likeness (QED) is 0.694. The van der Waals surface area contributed by atoms with E-state index in [4.69, 9.17) is 0 Å². The number of halogens is 3. The molecule has 0 aliphatic carbocycles. The smallest absolute Gasteiger partial charge is 0.406 e. The van der Waals surface area contributed by atoms with Crippen LogP contribution in [0.3, 0.4) is 0 Å². The van der Waals surface area contributed by atoms with Crippen LogP contribution in [-0.2, 0) is 0 Å². The van der Waals surface area contributed by atoms with Crippen LogP contribution in [-0.4, -0.2) is 12.6 Å². The first kappa shape index (κ1) is 15.8. The van der Waals surface area contributed by atoms with Crippen molar-refractivity contribution < 1.29 is 17.9 Å². The Morgan fingerprint density at radius 1 is 1.00 bits per heavy atom. The van der Waals surface area contributed by atoms with Crippen molar-refractivity contribution in [1.82, 2.24) is 0 Å². The zero-order valence-electron chi connectivity index (χ0n) is 11.8. The molecule has 2 rings (SSSR count). The molecule has 0 N–H and O–H groups in total. The molecule has 114 valence electrons. The topological polar surface area (TPSA) is 21.6 Å². The summed E-state index contributed by atoms with van der Waals surface area (Å²) in [6.07, 6.45) is -1.06. The average Bonchev–Trinajstić information content (AvgIpc) is 2.46. The second-order valence-corrected chi connectivity index (χ2v) is 4.60. The third kappa shape index (κ3) is 5.44. The molecule has 0 spiro atoms. The maximum Gasteiger partial charge on any atom is 0.573 e. The van der Waals surface area contributed by atoms with Crippen LogP contribution >= 0.6 is 0 Å². The van der Waals surface area contributed by atoms with Crippen molar-refractivity contribution in [2.45, 2.75) is 13.3 Å². The first-order valence-electron chi connectivity index (χ1n) is 6.56. The average molecular weight is 305 g/mol. The van der Waals surface area contributed by atoms with Gasteiger partial charge in [-0.3, -0.25) is 4.99 Å². The summed E-state index contributed by atoms with van der Waals surface area (Å²) in [5.41, 5.74) is 2.54. The van der Waals surface area contributed by atoms with Crippen molar-refractivity contribution >= 4 is 18.0 Å². The highest BCUT2D eigenvalue weighted by Crippen LogP contribution is 2.24. The number of hydrogen-bond acceptors (Lipinski definition) is 2. The largest absolute Gasteiger partial charge is 0.573 e. The minimum absolute atomic E-state index is 0.261. The van der Waals surface area contributed by atoms with Gasteiger partial charge in [-0.1, -0.05) is 36.4 Å². The molecule has 0 aliphatic rings. The van der Waals surface area contributed by atoms with Gasteiger partial charge in [-0.05, 0) is 42.3 Å². The normalized spacial score (nSPS) is 12.6. The SMILES string of the molecule is C/C(C=Nc1ccc(OC(F)(F)F)cc1)=C\c1ccccc1. The number of ether oxygens (including phenoxy) is 1. The lowest BCUT2D eigenvalue weighted by molar-refractivity contribution is -0.274. The van der Waals surface area contributed by atoms with Crippen LogP contribution < -0.4 is 4.74 Å². The zero-order valence-corrected chi connectivity index (χ0v) is 11.8. The van der Waals surface area contributed by atoms with E-state index in [9.17, 15) is 13.2 Å². The van der Waals surface area contributed by atoms with Gasteiger partial charge in [0.05, 0.1) is 5.69 Å². The Morgan fingerprint density at radius 3 is 2.23 bits per heavy atom. The van der Waals surface area contributed by atoms with Crippen molar-refractivity contribution in [3.63, 3.8) is 0 Å². The summed E-state index contributed by atoms with van der Waals surface area (Å²) in [4.78, 5) is 4.21. The molecule has 0 bridgehead atoms. The highest BCUT2D eigenvalue weighted by atomic mass is 19.4. The molecular weight excluding hydrogens is 291 g/mol. The Hall–Kier alpha value is -2.56. The van der Waals surface area contributed by atoms with E-state index >= 15 is 0 Å². The Bertz CT molecular complexity index is 659. The van der Waals surface area contributed by atoms with Crippen LogP contribution in [0, 0.1) is 0 Å². The molecule has 0 saturated heterocycles. The van der Waals surface area contributed by atoms with Crippen LogP contribution in [0.25, 0.3) is 6.08 Å². The van der Waals surface area contributed by atoms with Crippen molar-refractivity contribution in [3.05, 3.63) is 65.7 Å². The van der Waals surface area contributed by atoms with E-state index in [1.807, 2.05) is 43.3 Å². The molecule has 22 heavy (non-hydrogen) atoms. The fourth-order valence-corrected chi connectivity index (χ4v) is 1.76. The van der Waals surface area contributed by atoms with E-state index in [1.165, 1.54) is 24.3 Å². The summed E-state index contributed by atoms with van der Waals surface area (Å²) < 4.78 is 39.9. The molecule has 2 nitrogen and oxygen atoms in total. The molecule has 0 aromatic heterocycles. The Morgan fingerprint density at radius 2 is 1.64 bits per heavy atom. The van der Waals surface area contributed by atoms with E-state index in [-0.39, 0.29) is 5.75 Å². The number of alkyl halides is 3. The second kappa shape index (κ2) is 6.93. The van der Waals surface area contributed by atoms with E-state index in [0.29, 0.717) is 5.69 Å². The van der Waals surface area contributed by atoms with Crippen molar-refractivity contribution in [1.29, 1.82) is 0 Å². The van der Waals surface area contributed by atoms with Crippen LogP contribution in [0.5, 0.6) is 5.75 Å². The second-order valence-electron chi connectivity index (χ2n) is 4.60. The van der Waals surface area contributed by atoms with Gasteiger partial charge < -0.3 is 4.74 Å². The molecule has 5 heteroatoms. The molecule has 0 atom stereocenters. The minimum atomic E-state index is -4.68. The van der Waals surface area contributed by atoms with Crippen LogP contribution in [0.1, 0.15) is 12.5 Å². The predicted octanol–water partition coefficient (Wildman–Crippen LogP) is 5.39. The molecule has 0 unspecified atom stereocenters. The van der Waals surface area contributed by atoms with Crippen LogP contribution in [0.2, 0.25) is 0 Å². The molecule has 0 saturated carbocycles. The molecule has 0 heterocycles. The van der Waals surface area contributed by atoms with Crippen molar-refractivity contribution in [2.24, 2.45) is 4.99 Å².